The second-order valence-electron chi connectivity index (χ2n) is 7.04. The third-order valence-corrected chi connectivity index (χ3v) is 5.49. The lowest BCUT2D eigenvalue weighted by atomic mass is 10.2. The van der Waals surface area contributed by atoms with Crippen LogP contribution in [-0.2, 0) is 20.1 Å². The van der Waals surface area contributed by atoms with Gasteiger partial charge in [-0.05, 0) is 24.6 Å². The number of piperazine rings is 1. The third-order valence-electron chi connectivity index (χ3n) is 5.25. The Balaban J connectivity index is 1.57. The number of hydrogen-bond donors (Lipinski definition) is 1. The van der Waals surface area contributed by atoms with Gasteiger partial charge in [-0.15, -0.1) is 0 Å². The molecule has 0 aliphatic carbocycles. The van der Waals surface area contributed by atoms with Gasteiger partial charge in [-0.3, -0.25) is 19.2 Å². The first-order chi connectivity index (χ1) is 13.5. The standard InChI is InChI=1S/C19H23ClN6O2/c1-3-26-15-16(23(2)19(28)22-17(15)27)21-18(26)25-9-7-24(8-10-25)12-13-5-4-6-14(20)11-13/h4-6,11H,3,7-10,12H2,1-2H3,(H,22,27,28). The fraction of sp³-hybridized carbons (Fsp3) is 0.421. The number of halogens is 1. The van der Waals surface area contributed by atoms with Gasteiger partial charge in [0.25, 0.3) is 5.56 Å². The minimum Gasteiger partial charge on any atom is -0.340 e. The van der Waals surface area contributed by atoms with Gasteiger partial charge >= 0.3 is 5.69 Å². The van der Waals surface area contributed by atoms with Crippen molar-refractivity contribution in [2.45, 2.75) is 20.0 Å². The van der Waals surface area contributed by atoms with Crippen LogP contribution in [0.5, 0.6) is 0 Å². The SMILES string of the molecule is CCn1c(N2CCN(Cc3cccc(Cl)c3)CC2)nc2c1c(=O)[nH]c(=O)n2C. The smallest absolute Gasteiger partial charge is 0.329 e. The lowest BCUT2D eigenvalue weighted by molar-refractivity contribution is 0.248. The molecule has 1 saturated heterocycles. The summed E-state index contributed by atoms with van der Waals surface area (Å²) in [5, 5.41) is 0.753. The molecule has 1 aliphatic heterocycles. The van der Waals surface area contributed by atoms with Gasteiger partial charge in [0.05, 0.1) is 0 Å². The molecule has 0 atom stereocenters. The van der Waals surface area contributed by atoms with Gasteiger partial charge in [-0.1, -0.05) is 23.7 Å². The van der Waals surface area contributed by atoms with Crippen molar-refractivity contribution < 1.29 is 0 Å². The summed E-state index contributed by atoms with van der Waals surface area (Å²) in [5.74, 6) is 0.742. The Morgan fingerprint density at radius 1 is 1.18 bits per heavy atom. The maximum Gasteiger partial charge on any atom is 0.329 e. The zero-order valence-electron chi connectivity index (χ0n) is 16.0. The van der Waals surface area contributed by atoms with E-state index in [1.54, 1.807) is 7.05 Å². The van der Waals surface area contributed by atoms with Crippen molar-refractivity contribution in [2.24, 2.45) is 7.05 Å². The van der Waals surface area contributed by atoms with Crippen molar-refractivity contribution in [3.8, 4) is 0 Å². The van der Waals surface area contributed by atoms with E-state index in [1.807, 2.05) is 29.7 Å². The van der Waals surface area contributed by atoms with Gasteiger partial charge in [-0.25, -0.2) is 4.79 Å². The van der Waals surface area contributed by atoms with Crippen molar-refractivity contribution in [3.05, 3.63) is 55.7 Å². The number of hydrogen-bond acceptors (Lipinski definition) is 5. The average Bonchev–Trinajstić information content (AvgIpc) is 3.07. The van der Waals surface area contributed by atoms with E-state index >= 15 is 0 Å². The van der Waals surface area contributed by atoms with Crippen molar-refractivity contribution in [1.82, 2.24) is 24.0 Å². The average molecular weight is 403 g/mol. The van der Waals surface area contributed by atoms with Crippen molar-refractivity contribution in [1.29, 1.82) is 0 Å². The number of rotatable bonds is 4. The molecule has 1 fully saturated rings. The van der Waals surface area contributed by atoms with E-state index in [9.17, 15) is 9.59 Å². The summed E-state index contributed by atoms with van der Waals surface area (Å²) in [6, 6.07) is 7.94. The van der Waals surface area contributed by atoms with Crippen LogP contribution in [0.3, 0.4) is 0 Å². The molecule has 1 N–H and O–H groups in total. The highest BCUT2D eigenvalue weighted by molar-refractivity contribution is 6.30. The quantitative estimate of drug-likeness (QED) is 0.714. The van der Waals surface area contributed by atoms with Gasteiger partial charge in [0.15, 0.2) is 11.2 Å². The Hall–Kier alpha value is -2.58. The number of H-pyrrole nitrogens is 1. The first-order valence-corrected chi connectivity index (χ1v) is 9.77. The Bertz CT molecular complexity index is 1120. The van der Waals surface area contributed by atoms with Crippen LogP contribution in [0, 0.1) is 0 Å². The van der Waals surface area contributed by atoms with Crippen molar-refractivity contribution in [2.75, 3.05) is 31.1 Å². The highest BCUT2D eigenvalue weighted by Crippen LogP contribution is 2.21. The Labute approximate surface area is 167 Å². The molecule has 0 saturated carbocycles. The summed E-state index contributed by atoms with van der Waals surface area (Å²) in [7, 11) is 1.63. The molecule has 28 heavy (non-hydrogen) atoms. The Kier molecular flexibility index (Phi) is 4.99. The predicted molar refractivity (Wildman–Crippen MR) is 110 cm³/mol. The topological polar surface area (TPSA) is 79.2 Å². The zero-order valence-corrected chi connectivity index (χ0v) is 16.7. The molecule has 0 spiro atoms. The van der Waals surface area contributed by atoms with E-state index in [2.05, 4.69) is 25.8 Å². The van der Waals surface area contributed by atoms with Gasteiger partial charge in [-0.2, -0.15) is 4.98 Å². The number of anilines is 1. The molecule has 3 aromatic rings. The van der Waals surface area contributed by atoms with Crippen LogP contribution in [0.4, 0.5) is 5.95 Å². The molecule has 4 rings (SSSR count). The molecular weight excluding hydrogens is 380 g/mol. The fourth-order valence-corrected chi connectivity index (χ4v) is 3.98. The van der Waals surface area contributed by atoms with Gasteiger partial charge < -0.3 is 9.47 Å². The number of fused-ring (bicyclic) bond motifs is 1. The summed E-state index contributed by atoms with van der Waals surface area (Å²) < 4.78 is 3.28. The molecule has 8 nitrogen and oxygen atoms in total. The minimum absolute atomic E-state index is 0.390. The second kappa shape index (κ2) is 7.44. The summed E-state index contributed by atoms with van der Waals surface area (Å²) in [5.41, 5.74) is 1.23. The van der Waals surface area contributed by atoms with E-state index in [0.717, 1.165) is 43.7 Å². The first-order valence-electron chi connectivity index (χ1n) is 9.39. The molecule has 0 radical (unpaired) electrons. The molecule has 148 valence electrons. The Morgan fingerprint density at radius 2 is 1.93 bits per heavy atom. The number of aryl methyl sites for hydroxylation is 2. The highest BCUT2D eigenvalue weighted by atomic mass is 35.5. The Morgan fingerprint density at radius 3 is 2.61 bits per heavy atom. The maximum atomic E-state index is 12.3. The van der Waals surface area contributed by atoms with E-state index in [0.29, 0.717) is 17.7 Å². The number of aromatic nitrogens is 4. The lowest BCUT2D eigenvalue weighted by Gasteiger charge is -2.35. The minimum atomic E-state index is -0.448. The van der Waals surface area contributed by atoms with Crippen LogP contribution in [0.1, 0.15) is 12.5 Å². The molecule has 0 unspecified atom stereocenters. The van der Waals surface area contributed by atoms with E-state index < -0.39 is 11.2 Å². The van der Waals surface area contributed by atoms with E-state index in [-0.39, 0.29) is 0 Å². The van der Waals surface area contributed by atoms with Crippen LogP contribution in [0.15, 0.2) is 33.9 Å². The monoisotopic (exact) mass is 402 g/mol. The third kappa shape index (κ3) is 3.33. The normalized spacial score (nSPS) is 15.5. The largest absolute Gasteiger partial charge is 0.340 e. The van der Waals surface area contributed by atoms with Gasteiger partial charge in [0.1, 0.15) is 0 Å². The summed E-state index contributed by atoms with van der Waals surface area (Å²) in [4.78, 5) is 35.8. The van der Waals surface area contributed by atoms with E-state index in [4.69, 9.17) is 11.6 Å². The van der Waals surface area contributed by atoms with Crippen LogP contribution in [0.2, 0.25) is 5.02 Å². The maximum absolute atomic E-state index is 12.3. The first kappa shape index (κ1) is 18.8. The fourth-order valence-electron chi connectivity index (χ4n) is 3.76. The molecule has 0 bridgehead atoms. The second-order valence-corrected chi connectivity index (χ2v) is 7.48. The van der Waals surface area contributed by atoms with E-state index in [1.165, 1.54) is 10.1 Å². The molecule has 1 aliphatic rings. The molecule has 9 heteroatoms. The number of aromatic amines is 1. The van der Waals surface area contributed by atoms with Crippen molar-refractivity contribution in [3.63, 3.8) is 0 Å². The predicted octanol–water partition coefficient (Wildman–Crippen LogP) is 1.42. The zero-order chi connectivity index (χ0) is 19.8. The van der Waals surface area contributed by atoms with Crippen LogP contribution >= 0.6 is 11.6 Å². The number of nitrogens with one attached hydrogen (secondary N) is 1. The summed E-state index contributed by atoms with van der Waals surface area (Å²) in [6.07, 6.45) is 0. The summed E-state index contributed by atoms with van der Waals surface area (Å²) in [6.45, 7) is 6.81. The summed E-state index contributed by atoms with van der Waals surface area (Å²) >= 11 is 6.08. The molecule has 2 aromatic heterocycles. The van der Waals surface area contributed by atoms with Crippen LogP contribution in [0.25, 0.3) is 11.2 Å². The number of benzene rings is 1. The highest BCUT2D eigenvalue weighted by Gasteiger charge is 2.24. The van der Waals surface area contributed by atoms with Crippen LogP contribution in [-0.4, -0.2) is 50.2 Å². The number of nitrogens with zero attached hydrogens (tertiary/aromatic N) is 5. The van der Waals surface area contributed by atoms with Gasteiger partial charge in [0, 0.05) is 51.3 Å². The number of imidazole rings is 1. The molecular formula is C19H23ClN6O2. The van der Waals surface area contributed by atoms with Crippen molar-refractivity contribution >= 4 is 28.7 Å². The van der Waals surface area contributed by atoms with Crippen LogP contribution < -0.4 is 16.1 Å². The molecule has 0 amide bonds. The molecule has 1 aromatic carbocycles. The van der Waals surface area contributed by atoms with Gasteiger partial charge in [0.2, 0.25) is 5.95 Å². The molecule has 3 heterocycles. The lowest BCUT2D eigenvalue weighted by Crippen LogP contribution is -2.46.